The van der Waals surface area contributed by atoms with Crippen molar-refractivity contribution in [3.05, 3.63) is 0 Å². The first kappa shape index (κ1) is 20.2. The van der Waals surface area contributed by atoms with Gasteiger partial charge in [0.15, 0.2) is 14.1 Å². The minimum atomic E-state index is -1.96. The van der Waals surface area contributed by atoms with Gasteiger partial charge in [-0.25, -0.2) is 4.79 Å². The van der Waals surface area contributed by atoms with E-state index in [0.717, 1.165) is 6.42 Å². The number of carbonyl (C=O) groups is 2. The third-order valence-corrected chi connectivity index (χ3v) is 9.11. The van der Waals surface area contributed by atoms with Crippen molar-refractivity contribution in [2.24, 2.45) is 0 Å². The molecule has 0 aromatic rings. The van der Waals surface area contributed by atoms with Crippen LogP contribution in [0.3, 0.4) is 0 Å². The van der Waals surface area contributed by atoms with E-state index >= 15 is 0 Å². The van der Waals surface area contributed by atoms with E-state index in [2.05, 4.69) is 33.9 Å². The molecule has 0 saturated carbocycles. The van der Waals surface area contributed by atoms with Crippen molar-refractivity contribution in [1.29, 1.82) is 0 Å². The van der Waals surface area contributed by atoms with Gasteiger partial charge < -0.3 is 9.16 Å². The molecule has 5 nitrogen and oxygen atoms in total. The summed E-state index contributed by atoms with van der Waals surface area (Å²) in [6.07, 6.45) is 1.12. The van der Waals surface area contributed by atoms with Crippen molar-refractivity contribution in [2.75, 3.05) is 13.2 Å². The van der Waals surface area contributed by atoms with Gasteiger partial charge in [-0.3, -0.25) is 9.69 Å². The average molecular weight is 344 g/mol. The number of hydrogen-bond donors (Lipinski definition) is 0. The highest BCUT2D eigenvalue weighted by Gasteiger charge is 2.40. The molecular formula is C17H33NO4Si. The highest BCUT2D eigenvalue weighted by Crippen LogP contribution is 2.36. The van der Waals surface area contributed by atoms with Crippen LogP contribution in [0.5, 0.6) is 0 Å². The van der Waals surface area contributed by atoms with E-state index in [1.165, 1.54) is 0 Å². The van der Waals surface area contributed by atoms with Gasteiger partial charge in [0.05, 0.1) is 12.6 Å². The van der Waals surface area contributed by atoms with Crippen LogP contribution in [0.1, 0.15) is 54.4 Å². The Bertz CT molecular complexity index is 448. The summed E-state index contributed by atoms with van der Waals surface area (Å²) in [4.78, 5) is 26.4. The first-order valence-corrected chi connectivity index (χ1v) is 11.3. The molecule has 0 spiro atoms. The zero-order valence-electron chi connectivity index (χ0n) is 16.0. The Morgan fingerprint density at radius 3 is 2.17 bits per heavy atom. The zero-order chi connectivity index (χ0) is 18.1. The number of Topliss-reactive ketones (excluding diaryl/α,β-unsaturated/α-hetero) is 1. The fraction of sp³-hybridized carbons (Fsp3) is 0.882. The number of amides is 1. The Labute approximate surface area is 141 Å². The molecule has 1 fully saturated rings. The van der Waals surface area contributed by atoms with Gasteiger partial charge in [0.25, 0.3) is 0 Å². The fourth-order valence-electron chi connectivity index (χ4n) is 2.20. The van der Waals surface area contributed by atoms with E-state index < -0.39 is 26.1 Å². The highest BCUT2D eigenvalue weighted by atomic mass is 28.4. The van der Waals surface area contributed by atoms with Gasteiger partial charge in [0, 0.05) is 6.54 Å². The van der Waals surface area contributed by atoms with Crippen molar-refractivity contribution in [3.8, 4) is 0 Å². The smallest absolute Gasteiger partial charge is 0.410 e. The lowest BCUT2D eigenvalue weighted by Gasteiger charge is -2.36. The number of nitrogens with zero attached hydrogens (tertiary/aromatic N) is 1. The number of carbonyl (C=O) groups excluding carboxylic acids is 2. The molecule has 6 heteroatoms. The predicted molar refractivity (Wildman–Crippen MR) is 94.1 cm³/mol. The molecule has 0 radical (unpaired) electrons. The highest BCUT2D eigenvalue weighted by molar-refractivity contribution is 6.74. The van der Waals surface area contributed by atoms with Gasteiger partial charge in [0.2, 0.25) is 0 Å². The Morgan fingerprint density at radius 1 is 1.13 bits per heavy atom. The maximum Gasteiger partial charge on any atom is 0.410 e. The van der Waals surface area contributed by atoms with Gasteiger partial charge in [-0.2, -0.15) is 0 Å². The Hall–Kier alpha value is -0.883. The zero-order valence-corrected chi connectivity index (χ0v) is 17.0. The minimum absolute atomic E-state index is 0.0156. The van der Waals surface area contributed by atoms with Crippen LogP contribution in [-0.4, -0.2) is 49.9 Å². The third kappa shape index (κ3) is 5.60. The molecule has 0 aromatic heterocycles. The maximum atomic E-state index is 12.5. The van der Waals surface area contributed by atoms with Gasteiger partial charge in [-0.1, -0.05) is 20.8 Å². The van der Waals surface area contributed by atoms with Gasteiger partial charge >= 0.3 is 6.09 Å². The van der Waals surface area contributed by atoms with E-state index in [-0.39, 0.29) is 17.4 Å². The van der Waals surface area contributed by atoms with Crippen molar-refractivity contribution < 1.29 is 18.8 Å². The second kappa shape index (κ2) is 6.93. The van der Waals surface area contributed by atoms with E-state index in [1.54, 1.807) is 4.90 Å². The lowest BCUT2D eigenvalue weighted by atomic mass is 10.1. The summed E-state index contributed by atoms with van der Waals surface area (Å²) in [5, 5.41) is 0.0633. The molecule has 0 bridgehead atoms. The van der Waals surface area contributed by atoms with E-state index in [9.17, 15) is 9.59 Å². The number of ketones is 1. The number of ether oxygens (including phenoxy) is 1. The Balaban J connectivity index is 2.67. The van der Waals surface area contributed by atoms with Gasteiger partial charge in [-0.05, 0) is 51.7 Å². The van der Waals surface area contributed by atoms with Crippen LogP contribution in [0.2, 0.25) is 18.1 Å². The normalized spacial score (nSPS) is 19.8. The largest absolute Gasteiger partial charge is 0.444 e. The first-order valence-electron chi connectivity index (χ1n) is 8.41. The van der Waals surface area contributed by atoms with Crippen LogP contribution < -0.4 is 0 Å². The Morgan fingerprint density at radius 2 is 1.70 bits per heavy atom. The summed E-state index contributed by atoms with van der Waals surface area (Å²) >= 11 is 0. The van der Waals surface area contributed by atoms with Crippen LogP contribution in [0, 0.1) is 0 Å². The topological polar surface area (TPSA) is 55.8 Å². The second-order valence-corrected chi connectivity index (χ2v) is 13.7. The summed E-state index contributed by atoms with van der Waals surface area (Å²) in [7, 11) is -1.96. The van der Waals surface area contributed by atoms with Crippen LogP contribution in [0.25, 0.3) is 0 Å². The number of hydrogen-bond acceptors (Lipinski definition) is 4. The molecule has 134 valence electrons. The fourth-order valence-corrected chi connectivity index (χ4v) is 3.14. The van der Waals surface area contributed by atoms with E-state index in [4.69, 9.17) is 9.16 Å². The minimum Gasteiger partial charge on any atom is -0.444 e. The summed E-state index contributed by atoms with van der Waals surface area (Å²) in [5.41, 5.74) is -0.551. The van der Waals surface area contributed by atoms with Crippen LogP contribution in [-0.2, 0) is 14.0 Å². The summed E-state index contributed by atoms with van der Waals surface area (Å²) in [5.74, 6) is -0.0156. The SMILES string of the molecule is CC(C)(C)OC(=O)N1CCCC1C(=O)CO[Si](C)(C)C(C)(C)C. The van der Waals surface area contributed by atoms with Crippen LogP contribution >= 0.6 is 0 Å². The lowest BCUT2D eigenvalue weighted by molar-refractivity contribution is -0.125. The summed E-state index contributed by atoms with van der Waals surface area (Å²) in [6.45, 7) is 16.8. The molecule has 1 heterocycles. The van der Waals surface area contributed by atoms with Crippen molar-refractivity contribution in [1.82, 2.24) is 4.90 Å². The molecule has 1 amide bonds. The average Bonchev–Trinajstić information content (AvgIpc) is 2.81. The van der Waals surface area contributed by atoms with Crippen molar-refractivity contribution in [3.63, 3.8) is 0 Å². The summed E-state index contributed by atoms with van der Waals surface area (Å²) < 4.78 is 11.4. The van der Waals surface area contributed by atoms with Crippen LogP contribution in [0.4, 0.5) is 4.79 Å². The third-order valence-electron chi connectivity index (χ3n) is 4.63. The molecule has 1 aliphatic rings. The standard InChI is InChI=1S/C17H33NO4Si/c1-16(2,3)22-15(20)18-11-9-10-13(18)14(19)12-21-23(7,8)17(4,5)6/h13H,9-12H2,1-8H3. The Kier molecular flexibility index (Phi) is 6.07. The van der Waals surface area contributed by atoms with E-state index in [0.29, 0.717) is 13.0 Å². The molecule has 1 atom stereocenters. The molecule has 1 unspecified atom stereocenters. The van der Waals surface area contributed by atoms with Crippen LogP contribution in [0.15, 0.2) is 0 Å². The molecule has 1 aliphatic heterocycles. The molecule has 0 aliphatic carbocycles. The van der Waals surface area contributed by atoms with Crippen molar-refractivity contribution in [2.45, 2.75) is 84.2 Å². The predicted octanol–water partition coefficient (Wildman–Crippen LogP) is 3.98. The molecular weight excluding hydrogens is 310 g/mol. The second-order valence-electron chi connectivity index (χ2n) is 8.85. The van der Waals surface area contributed by atoms with E-state index in [1.807, 2.05) is 20.8 Å². The molecule has 1 rings (SSSR count). The number of likely N-dealkylation sites (tertiary alicyclic amines) is 1. The summed E-state index contributed by atoms with van der Waals surface area (Å²) in [6, 6.07) is -0.408. The molecule has 23 heavy (non-hydrogen) atoms. The first-order chi connectivity index (χ1) is 10.2. The van der Waals surface area contributed by atoms with Gasteiger partial charge in [-0.15, -0.1) is 0 Å². The van der Waals surface area contributed by atoms with Gasteiger partial charge in [0.1, 0.15) is 5.60 Å². The quantitative estimate of drug-likeness (QED) is 0.725. The monoisotopic (exact) mass is 343 g/mol. The van der Waals surface area contributed by atoms with Crippen molar-refractivity contribution >= 4 is 20.2 Å². The number of rotatable bonds is 4. The molecule has 1 saturated heterocycles. The lowest BCUT2D eigenvalue weighted by Crippen LogP contribution is -2.47. The molecule has 0 aromatic carbocycles. The molecule has 0 N–H and O–H groups in total. The maximum absolute atomic E-state index is 12.5.